The van der Waals surface area contributed by atoms with E-state index in [4.69, 9.17) is 13.9 Å². The van der Waals surface area contributed by atoms with Gasteiger partial charge in [-0.05, 0) is 36.2 Å². The van der Waals surface area contributed by atoms with E-state index in [2.05, 4.69) is 6.58 Å². The average molecular weight is 412 g/mol. The molecule has 2 heterocycles. The molecule has 1 aliphatic heterocycles. The SMILES string of the molecule is C=CCN(CC(=O)N(Cc1ccc2c(c1)OCO2)Cc1ccco1)C(=O)CCCC. The van der Waals surface area contributed by atoms with Gasteiger partial charge in [0.2, 0.25) is 18.6 Å². The van der Waals surface area contributed by atoms with Crippen LogP contribution in [0.15, 0.2) is 53.7 Å². The highest BCUT2D eigenvalue weighted by Gasteiger charge is 2.22. The average Bonchev–Trinajstić information content (AvgIpc) is 3.42. The number of fused-ring (bicyclic) bond motifs is 1. The highest BCUT2D eigenvalue weighted by molar-refractivity contribution is 5.85. The first-order chi connectivity index (χ1) is 14.6. The van der Waals surface area contributed by atoms with Gasteiger partial charge in [0.25, 0.3) is 0 Å². The molecule has 7 heteroatoms. The Morgan fingerprint density at radius 2 is 1.93 bits per heavy atom. The second-order valence-corrected chi connectivity index (χ2v) is 7.18. The molecule has 0 atom stereocenters. The Labute approximate surface area is 176 Å². The van der Waals surface area contributed by atoms with Gasteiger partial charge in [-0.3, -0.25) is 9.59 Å². The zero-order valence-corrected chi connectivity index (χ0v) is 17.3. The van der Waals surface area contributed by atoms with Gasteiger partial charge >= 0.3 is 0 Å². The summed E-state index contributed by atoms with van der Waals surface area (Å²) >= 11 is 0. The summed E-state index contributed by atoms with van der Waals surface area (Å²) in [7, 11) is 0. The fourth-order valence-corrected chi connectivity index (χ4v) is 3.24. The van der Waals surface area contributed by atoms with Crippen molar-refractivity contribution in [3.63, 3.8) is 0 Å². The van der Waals surface area contributed by atoms with Crippen LogP contribution in [-0.2, 0) is 22.7 Å². The van der Waals surface area contributed by atoms with E-state index in [9.17, 15) is 9.59 Å². The maximum Gasteiger partial charge on any atom is 0.242 e. The summed E-state index contributed by atoms with van der Waals surface area (Å²) in [6.07, 6.45) is 5.38. The molecule has 2 aromatic rings. The summed E-state index contributed by atoms with van der Waals surface area (Å²) in [5.41, 5.74) is 0.909. The number of rotatable bonds is 11. The fourth-order valence-electron chi connectivity index (χ4n) is 3.24. The molecule has 0 spiro atoms. The van der Waals surface area contributed by atoms with Gasteiger partial charge in [0, 0.05) is 19.5 Å². The number of nitrogens with zero attached hydrogens (tertiary/aromatic N) is 2. The smallest absolute Gasteiger partial charge is 0.242 e. The van der Waals surface area contributed by atoms with Crippen LogP contribution in [0.1, 0.15) is 37.5 Å². The van der Waals surface area contributed by atoms with Crippen LogP contribution < -0.4 is 9.47 Å². The highest BCUT2D eigenvalue weighted by Crippen LogP contribution is 2.33. The molecular formula is C23H28N2O5. The van der Waals surface area contributed by atoms with Gasteiger partial charge in [0.1, 0.15) is 12.3 Å². The van der Waals surface area contributed by atoms with Crippen LogP contribution in [0.4, 0.5) is 0 Å². The minimum absolute atomic E-state index is 0.000171. The molecule has 1 aromatic heterocycles. The summed E-state index contributed by atoms with van der Waals surface area (Å²) in [6, 6.07) is 9.23. The van der Waals surface area contributed by atoms with Gasteiger partial charge in [-0.2, -0.15) is 0 Å². The zero-order valence-electron chi connectivity index (χ0n) is 17.3. The molecule has 0 radical (unpaired) electrons. The molecule has 30 heavy (non-hydrogen) atoms. The van der Waals surface area contributed by atoms with E-state index in [0.29, 0.717) is 43.3 Å². The summed E-state index contributed by atoms with van der Waals surface area (Å²) < 4.78 is 16.2. The van der Waals surface area contributed by atoms with Crippen LogP contribution in [0.5, 0.6) is 11.5 Å². The van der Waals surface area contributed by atoms with Crippen LogP contribution in [0.3, 0.4) is 0 Å². The third-order valence-corrected chi connectivity index (χ3v) is 4.86. The Bertz CT molecular complexity index is 862. The molecule has 160 valence electrons. The molecule has 0 saturated carbocycles. The quantitative estimate of drug-likeness (QED) is 0.526. The first-order valence-electron chi connectivity index (χ1n) is 10.2. The largest absolute Gasteiger partial charge is 0.467 e. The Balaban J connectivity index is 1.74. The Hall–Kier alpha value is -3.22. The number of hydrogen-bond donors (Lipinski definition) is 0. The van der Waals surface area contributed by atoms with Gasteiger partial charge in [-0.1, -0.05) is 25.5 Å². The van der Waals surface area contributed by atoms with Crippen LogP contribution in [0.2, 0.25) is 0 Å². The third-order valence-electron chi connectivity index (χ3n) is 4.86. The van der Waals surface area contributed by atoms with Gasteiger partial charge in [0.15, 0.2) is 11.5 Å². The lowest BCUT2D eigenvalue weighted by molar-refractivity contribution is -0.141. The van der Waals surface area contributed by atoms with Crippen molar-refractivity contribution in [1.82, 2.24) is 9.80 Å². The minimum atomic E-state index is -0.157. The molecule has 1 aliphatic rings. The Kier molecular flexibility index (Phi) is 7.54. The molecular weight excluding hydrogens is 384 g/mol. The Morgan fingerprint density at radius 1 is 1.10 bits per heavy atom. The van der Waals surface area contributed by atoms with E-state index in [1.807, 2.05) is 31.2 Å². The van der Waals surface area contributed by atoms with E-state index in [0.717, 1.165) is 18.4 Å². The van der Waals surface area contributed by atoms with Gasteiger partial charge in [0.05, 0.1) is 12.8 Å². The topological polar surface area (TPSA) is 72.2 Å². The predicted octanol–water partition coefficient (Wildman–Crippen LogP) is 3.74. The van der Waals surface area contributed by atoms with Crippen molar-refractivity contribution < 1.29 is 23.5 Å². The monoisotopic (exact) mass is 412 g/mol. The van der Waals surface area contributed by atoms with E-state index >= 15 is 0 Å². The van der Waals surface area contributed by atoms with Crippen molar-refractivity contribution in [3.8, 4) is 11.5 Å². The number of benzene rings is 1. The van der Waals surface area contributed by atoms with Crippen LogP contribution in [0.25, 0.3) is 0 Å². The van der Waals surface area contributed by atoms with Crippen LogP contribution >= 0.6 is 0 Å². The first-order valence-corrected chi connectivity index (χ1v) is 10.2. The maximum atomic E-state index is 13.2. The molecule has 0 unspecified atom stereocenters. The Morgan fingerprint density at radius 3 is 2.67 bits per heavy atom. The molecule has 1 aromatic carbocycles. The number of amides is 2. The van der Waals surface area contributed by atoms with Gasteiger partial charge in [-0.25, -0.2) is 0 Å². The number of furan rings is 1. The number of unbranched alkanes of at least 4 members (excludes halogenated alkanes) is 1. The number of hydrogen-bond acceptors (Lipinski definition) is 5. The van der Waals surface area contributed by atoms with E-state index in [1.165, 1.54) is 0 Å². The summed E-state index contributed by atoms with van der Waals surface area (Å²) in [5.74, 6) is 1.85. The van der Waals surface area contributed by atoms with Gasteiger partial charge < -0.3 is 23.7 Å². The maximum absolute atomic E-state index is 13.2. The molecule has 0 saturated heterocycles. The van der Waals surface area contributed by atoms with Crippen LogP contribution in [0, 0.1) is 0 Å². The normalized spacial score (nSPS) is 11.9. The van der Waals surface area contributed by atoms with Crippen molar-refractivity contribution in [2.75, 3.05) is 19.9 Å². The predicted molar refractivity (Wildman–Crippen MR) is 112 cm³/mol. The second-order valence-electron chi connectivity index (χ2n) is 7.18. The number of carbonyl (C=O) groups is 2. The lowest BCUT2D eigenvalue weighted by atomic mass is 10.1. The van der Waals surface area contributed by atoms with Crippen molar-refractivity contribution >= 4 is 11.8 Å². The van der Waals surface area contributed by atoms with Crippen molar-refractivity contribution in [2.45, 2.75) is 39.3 Å². The highest BCUT2D eigenvalue weighted by atomic mass is 16.7. The summed E-state index contributed by atoms with van der Waals surface area (Å²) in [4.78, 5) is 28.9. The molecule has 0 fully saturated rings. The van der Waals surface area contributed by atoms with E-state index < -0.39 is 0 Å². The zero-order chi connectivity index (χ0) is 21.3. The first kappa shape index (κ1) is 21.5. The summed E-state index contributed by atoms with van der Waals surface area (Å²) in [6.45, 7) is 6.96. The lowest BCUT2D eigenvalue weighted by Crippen LogP contribution is -2.42. The third kappa shape index (κ3) is 5.65. The number of carbonyl (C=O) groups excluding carboxylic acids is 2. The summed E-state index contributed by atoms with van der Waals surface area (Å²) in [5, 5.41) is 0. The fraction of sp³-hybridized carbons (Fsp3) is 0.391. The van der Waals surface area contributed by atoms with Crippen molar-refractivity contribution in [2.24, 2.45) is 0 Å². The van der Waals surface area contributed by atoms with Gasteiger partial charge in [-0.15, -0.1) is 6.58 Å². The molecule has 0 N–H and O–H groups in total. The van der Waals surface area contributed by atoms with E-state index in [-0.39, 0.29) is 25.2 Å². The lowest BCUT2D eigenvalue weighted by Gasteiger charge is -2.27. The molecule has 7 nitrogen and oxygen atoms in total. The number of ether oxygens (including phenoxy) is 2. The molecule has 0 bridgehead atoms. The van der Waals surface area contributed by atoms with Crippen molar-refractivity contribution in [1.29, 1.82) is 0 Å². The van der Waals surface area contributed by atoms with Crippen LogP contribution in [-0.4, -0.2) is 41.5 Å². The second kappa shape index (κ2) is 10.5. The van der Waals surface area contributed by atoms with E-state index in [1.54, 1.807) is 28.2 Å². The molecule has 2 amide bonds. The van der Waals surface area contributed by atoms with Crippen molar-refractivity contribution in [3.05, 3.63) is 60.6 Å². The standard InChI is InChI=1S/C23H28N2O5/c1-3-5-8-22(26)24(11-4-2)16-23(27)25(15-19-7-6-12-28-19)14-18-9-10-20-21(13-18)30-17-29-20/h4,6-7,9-10,12-13H,2-3,5,8,11,14-17H2,1H3. The minimum Gasteiger partial charge on any atom is -0.467 e. The molecule has 0 aliphatic carbocycles. The molecule has 3 rings (SSSR count).